The highest BCUT2D eigenvalue weighted by Gasteiger charge is 2.27. The second-order valence-electron chi connectivity index (χ2n) is 9.66. The van der Waals surface area contributed by atoms with Crippen LogP contribution in [0.1, 0.15) is 69.7 Å². The van der Waals surface area contributed by atoms with Crippen molar-refractivity contribution in [3.63, 3.8) is 0 Å². The molecule has 6 nitrogen and oxygen atoms in total. The van der Waals surface area contributed by atoms with Crippen molar-refractivity contribution >= 4 is 5.91 Å². The quantitative estimate of drug-likeness (QED) is 0.587. The van der Waals surface area contributed by atoms with Crippen LogP contribution >= 0.6 is 0 Å². The van der Waals surface area contributed by atoms with Crippen LogP contribution < -0.4 is 0 Å². The van der Waals surface area contributed by atoms with E-state index in [0.717, 1.165) is 29.9 Å². The molecule has 164 valence electrons. The van der Waals surface area contributed by atoms with Crippen LogP contribution in [0.25, 0.3) is 11.3 Å². The minimum Gasteiger partial charge on any atom is -0.441 e. The van der Waals surface area contributed by atoms with E-state index in [-0.39, 0.29) is 11.4 Å². The Bertz CT molecular complexity index is 1050. The fraction of sp³-hybridized carbons (Fsp3) is 0.480. The summed E-state index contributed by atoms with van der Waals surface area (Å²) < 4.78 is 8.00. The fourth-order valence-electron chi connectivity index (χ4n) is 4.09. The van der Waals surface area contributed by atoms with Gasteiger partial charge >= 0.3 is 0 Å². The summed E-state index contributed by atoms with van der Waals surface area (Å²) in [5, 5.41) is 4.56. The molecule has 0 atom stereocenters. The molecule has 0 unspecified atom stereocenters. The van der Waals surface area contributed by atoms with Gasteiger partial charge in [-0.2, -0.15) is 5.10 Å². The molecular weight excluding hydrogens is 388 g/mol. The summed E-state index contributed by atoms with van der Waals surface area (Å²) in [6, 6.07) is 8.37. The van der Waals surface area contributed by atoms with E-state index in [1.807, 2.05) is 11.1 Å². The van der Waals surface area contributed by atoms with Crippen LogP contribution in [0, 0.1) is 0 Å². The molecule has 1 aliphatic heterocycles. The number of benzene rings is 1. The first-order chi connectivity index (χ1) is 14.7. The summed E-state index contributed by atoms with van der Waals surface area (Å²) in [5.41, 5.74) is 4.66. The summed E-state index contributed by atoms with van der Waals surface area (Å²) in [6.07, 6.45) is 5.40. The summed E-state index contributed by atoms with van der Waals surface area (Å²) in [5.74, 6) is 1.98. The van der Waals surface area contributed by atoms with Crippen LogP contribution in [-0.4, -0.2) is 32.1 Å². The van der Waals surface area contributed by atoms with Crippen LogP contribution in [-0.2, 0) is 29.7 Å². The van der Waals surface area contributed by atoms with Gasteiger partial charge in [0.05, 0.1) is 17.9 Å². The van der Waals surface area contributed by atoms with Crippen molar-refractivity contribution in [3.8, 4) is 11.3 Å². The van der Waals surface area contributed by atoms with Crippen LogP contribution in [0.15, 0.2) is 41.1 Å². The number of nitrogens with zero attached hydrogens (tertiary/aromatic N) is 4. The monoisotopic (exact) mass is 420 g/mol. The zero-order chi connectivity index (χ0) is 22.2. The normalized spacial score (nSPS) is 14.2. The number of hydrogen-bond donors (Lipinski definition) is 0. The zero-order valence-corrected chi connectivity index (χ0v) is 19.2. The van der Waals surface area contributed by atoms with Gasteiger partial charge in [0, 0.05) is 49.2 Å². The highest BCUT2D eigenvalue weighted by atomic mass is 16.4. The van der Waals surface area contributed by atoms with Crippen LogP contribution in [0.3, 0.4) is 0 Å². The van der Waals surface area contributed by atoms with Crippen molar-refractivity contribution in [3.05, 3.63) is 59.4 Å². The number of hydrogen-bond acceptors (Lipinski definition) is 4. The Morgan fingerprint density at radius 1 is 1.16 bits per heavy atom. The predicted molar refractivity (Wildman–Crippen MR) is 121 cm³/mol. The molecule has 31 heavy (non-hydrogen) atoms. The number of amides is 1. The number of aryl methyl sites for hydroxylation is 1. The highest BCUT2D eigenvalue weighted by molar-refractivity contribution is 5.76. The van der Waals surface area contributed by atoms with Crippen molar-refractivity contribution in [2.75, 3.05) is 6.54 Å². The Hall–Kier alpha value is -2.89. The Balaban J connectivity index is 1.35. The third-order valence-electron chi connectivity index (χ3n) is 5.89. The average Bonchev–Trinajstić information content (AvgIpc) is 3.38. The van der Waals surface area contributed by atoms with Gasteiger partial charge in [-0.1, -0.05) is 38.1 Å². The molecule has 0 fully saturated rings. The predicted octanol–water partition coefficient (Wildman–Crippen LogP) is 4.93. The van der Waals surface area contributed by atoms with E-state index < -0.39 is 0 Å². The molecule has 0 radical (unpaired) electrons. The smallest absolute Gasteiger partial charge is 0.223 e. The number of oxazole rings is 1. The van der Waals surface area contributed by atoms with Gasteiger partial charge < -0.3 is 9.32 Å². The van der Waals surface area contributed by atoms with Gasteiger partial charge in [0.2, 0.25) is 5.91 Å². The summed E-state index contributed by atoms with van der Waals surface area (Å²) >= 11 is 0. The summed E-state index contributed by atoms with van der Waals surface area (Å²) in [6.45, 7) is 12.2. The maximum Gasteiger partial charge on any atom is 0.223 e. The Morgan fingerprint density at radius 2 is 1.90 bits per heavy atom. The Kier molecular flexibility index (Phi) is 5.73. The Labute approximate surface area is 184 Å². The van der Waals surface area contributed by atoms with E-state index in [9.17, 15) is 4.79 Å². The summed E-state index contributed by atoms with van der Waals surface area (Å²) in [7, 11) is 0. The van der Waals surface area contributed by atoms with Crippen molar-refractivity contribution in [2.45, 2.75) is 71.9 Å². The molecule has 3 aromatic rings. The zero-order valence-electron chi connectivity index (χ0n) is 19.2. The molecule has 6 heteroatoms. The van der Waals surface area contributed by atoms with Crippen molar-refractivity contribution < 1.29 is 9.21 Å². The minimum absolute atomic E-state index is 0.0441. The molecule has 0 bridgehead atoms. The van der Waals surface area contributed by atoms with E-state index in [1.165, 1.54) is 11.3 Å². The first-order valence-electron chi connectivity index (χ1n) is 11.1. The Morgan fingerprint density at radius 3 is 2.58 bits per heavy atom. The lowest BCUT2D eigenvalue weighted by Crippen LogP contribution is -2.37. The molecule has 0 N–H and O–H groups in total. The standard InChI is InChI=1S/C25H32N4O2/c1-17(2)18-6-8-19(9-7-18)22-15-26-23(31-22)10-11-24(30)28-13-12-21-20(16-28)14-27-29(21)25(3,4)5/h6-9,14-15,17H,10-13,16H2,1-5H3. The molecule has 0 aliphatic carbocycles. The molecule has 3 heterocycles. The average molecular weight is 421 g/mol. The van der Waals surface area contributed by atoms with E-state index in [2.05, 4.69) is 73.6 Å². The molecule has 2 aromatic heterocycles. The molecule has 0 saturated carbocycles. The maximum absolute atomic E-state index is 12.8. The second kappa shape index (κ2) is 8.33. The van der Waals surface area contributed by atoms with E-state index in [0.29, 0.717) is 31.2 Å². The van der Waals surface area contributed by atoms with Gasteiger partial charge in [0.15, 0.2) is 11.7 Å². The van der Waals surface area contributed by atoms with Gasteiger partial charge in [-0.15, -0.1) is 0 Å². The molecule has 0 saturated heterocycles. The molecule has 1 aliphatic rings. The lowest BCUT2D eigenvalue weighted by atomic mass is 10.0. The largest absolute Gasteiger partial charge is 0.441 e. The number of carbonyl (C=O) groups is 1. The molecule has 1 aromatic carbocycles. The third kappa shape index (κ3) is 4.58. The fourth-order valence-corrected chi connectivity index (χ4v) is 4.09. The van der Waals surface area contributed by atoms with Gasteiger partial charge in [-0.3, -0.25) is 9.48 Å². The molecule has 0 spiro atoms. The van der Waals surface area contributed by atoms with Crippen molar-refractivity contribution in [1.29, 1.82) is 0 Å². The second-order valence-corrected chi connectivity index (χ2v) is 9.66. The van der Waals surface area contributed by atoms with Crippen LogP contribution in [0.4, 0.5) is 0 Å². The van der Waals surface area contributed by atoms with Gasteiger partial charge in [0.25, 0.3) is 0 Å². The van der Waals surface area contributed by atoms with E-state index >= 15 is 0 Å². The first kappa shape index (κ1) is 21.3. The molecule has 4 rings (SSSR count). The molecular formula is C25H32N4O2. The number of fused-ring (bicyclic) bond motifs is 1. The number of rotatable bonds is 5. The van der Waals surface area contributed by atoms with Gasteiger partial charge in [-0.05, 0) is 32.3 Å². The van der Waals surface area contributed by atoms with E-state index in [1.54, 1.807) is 6.20 Å². The first-order valence-corrected chi connectivity index (χ1v) is 11.1. The lowest BCUT2D eigenvalue weighted by Gasteiger charge is -2.30. The number of aromatic nitrogens is 3. The van der Waals surface area contributed by atoms with Crippen LogP contribution in [0.5, 0.6) is 0 Å². The maximum atomic E-state index is 12.8. The van der Waals surface area contributed by atoms with Crippen molar-refractivity contribution in [1.82, 2.24) is 19.7 Å². The number of carbonyl (C=O) groups excluding carboxylic acids is 1. The van der Waals surface area contributed by atoms with Crippen molar-refractivity contribution in [2.24, 2.45) is 0 Å². The topological polar surface area (TPSA) is 64.2 Å². The highest BCUT2D eigenvalue weighted by Crippen LogP contribution is 2.26. The third-order valence-corrected chi connectivity index (χ3v) is 5.89. The SMILES string of the molecule is CC(C)c1ccc(-c2cnc(CCC(=O)N3CCc4c(cnn4C(C)(C)C)C3)o2)cc1. The summed E-state index contributed by atoms with van der Waals surface area (Å²) in [4.78, 5) is 19.1. The minimum atomic E-state index is -0.0441. The van der Waals surface area contributed by atoms with E-state index in [4.69, 9.17) is 4.42 Å². The van der Waals surface area contributed by atoms with Gasteiger partial charge in [-0.25, -0.2) is 4.98 Å². The lowest BCUT2D eigenvalue weighted by molar-refractivity contribution is -0.132. The van der Waals surface area contributed by atoms with Gasteiger partial charge in [0.1, 0.15) is 0 Å². The molecule has 1 amide bonds. The van der Waals surface area contributed by atoms with Crippen LogP contribution in [0.2, 0.25) is 0 Å².